The van der Waals surface area contributed by atoms with Crippen LogP contribution >= 0.6 is 11.8 Å². The fraction of sp³-hybridized carbons (Fsp3) is 0.333. The molecule has 5 rings (SSSR count). The van der Waals surface area contributed by atoms with Crippen molar-refractivity contribution in [3.8, 4) is 28.4 Å². The highest BCUT2D eigenvalue weighted by atomic mass is 32.2. The van der Waals surface area contributed by atoms with E-state index in [1.807, 2.05) is 30.7 Å². The summed E-state index contributed by atoms with van der Waals surface area (Å²) in [4.78, 5) is 12.9. The molecule has 7 nitrogen and oxygen atoms in total. The molecule has 1 aliphatic rings. The Morgan fingerprint density at radius 3 is 2.69 bits per heavy atom. The summed E-state index contributed by atoms with van der Waals surface area (Å²) < 4.78 is 49.4. The normalized spacial score (nSPS) is 13.9. The Balaban J connectivity index is 1.71. The molecule has 35 heavy (non-hydrogen) atoms. The number of alkyl halides is 3. The van der Waals surface area contributed by atoms with Crippen molar-refractivity contribution in [3.05, 3.63) is 66.1 Å². The Hall–Kier alpha value is -3.34. The van der Waals surface area contributed by atoms with Crippen molar-refractivity contribution in [1.29, 1.82) is 0 Å². The molecule has 3 aromatic heterocycles. The van der Waals surface area contributed by atoms with Crippen molar-refractivity contribution >= 4 is 11.8 Å². The number of hydrogen-bond donors (Lipinski definition) is 0. The molecule has 1 saturated carbocycles. The molecule has 1 aliphatic carbocycles. The molecule has 3 heterocycles. The quantitative estimate of drug-likeness (QED) is 0.319. The maximum absolute atomic E-state index is 13.5. The number of rotatable bonds is 8. The van der Waals surface area contributed by atoms with Crippen LogP contribution in [0.15, 0.2) is 49.2 Å². The molecular formula is C24H23F3N6OS. The van der Waals surface area contributed by atoms with E-state index in [1.165, 1.54) is 22.7 Å². The van der Waals surface area contributed by atoms with Crippen LogP contribution in [0.25, 0.3) is 22.5 Å². The van der Waals surface area contributed by atoms with Crippen molar-refractivity contribution in [2.45, 2.75) is 37.4 Å². The predicted molar refractivity (Wildman–Crippen MR) is 127 cm³/mol. The first kappa shape index (κ1) is 23.4. The van der Waals surface area contributed by atoms with Crippen LogP contribution in [0.4, 0.5) is 13.2 Å². The lowest BCUT2D eigenvalue weighted by molar-refractivity contribution is -0.140. The highest BCUT2D eigenvalue weighted by molar-refractivity contribution is 7.97. The lowest BCUT2D eigenvalue weighted by Gasteiger charge is -2.17. The number of imidazole rings is 1. The largest absolute Gasteiger partial charge is 0.480 e. The Morgan fingerprint density at radius 1 is 1.20 bits per heavy atom. The first-order valence-electron chi connectivity index (χ1n) is 11.0. The maximum Gasteiger partial charge on any atom is 0.434 e. The van der Waals surface area contributed by atoms with Crippen LogP contribution in [-0.4, -0.2) is 42.7 Å². The van der Waals surface area contributed by atoms with Crippen molar-refractivity contribution in [2.24, 2.45) is 0 Å². The second-order valence-electron chi connectivity index (χ2n) is 8.33. The van der Waals surface area contributed by atoms with Gasteiger partial charge in [-0.3, -0.25) is 4.68 Å². The molecule has 0 aliphatic heterocycles. The van der Waals surface area contributed by atoms with Gasteiger partial charge in [0.15, 0.2) is 5.69 Å². The highest BCUT2D eigenvalue weighted by Crippen LogP contribution is 2.47. The second kappa shape index (κ2) is 9.37. The van der Waals surface area contributed by atoms with E-state index in [1.54, 1.807) is 24.1 Å². The van der Waals surface area contributed by atoms with Crippen molar-refractivity contribution < 1.29 is 17.9 Å². The number of hydrogen-bond acceptors (Lipinski definition) is 6. The lowest BCUT2D eigenvalue weighted by atomic mass is 9.94. The van der Waals surface area contributed by atoms with Crippen LogP contribution in [0.1, 0.15) is 35.7 Å². The van der Waals surface area contributed by atoms with Crippen molar-refractivity contribution in [2.75, 3.05) is 13.4 Å². The fourth-order valence-corrected chi connectivity index (χ4v) is 4.61. The van der Waals surface area contributed by atoms with Gasteiger partial charge in [0.2, 0.25) is 5.88 Å². The average molecular weight is 501 g/mol. The van der Waals surface area contributed by atoms with Gasteiger partial charge in [-0.25, -0.2) is 15.0 Å². The maximum atomic E-state index is 13.5. The van der Waals surface area contributed by atoms with Gasteiger partial charge in [0.1, 0.15) is 12.2 Å². The molecular weight excluding hydrogens is 477 g/mol. The van der Waals surface area contributed by atoms with Gasteiger partial charge in [0, 0.05) is 30.1 Å². The standard InChI is InChI=1S/C24H23F3N6OS/c1-34-23-20(21(15-4-5-15)28-13-29-23)18-10-16(6-7-17(18)11-33-9-3-8-30-33)22-31-19(24(25,26)27)12-32(22)14-35-2/h3,6-10,12-13,15H,4-5,11,14H2,1-2H3. The van der Waals surface area contributed by atoms with Gasteiger partial charge in [-0.2, -0.15) is 18.3 Å². The molecule has 0 unspecified atom stereocenters. The zero-order valence-corrected chi connectivity index (χ0v) is 20.0. The summed E-state index contributed by atoms with van der Waals surface area (Å²) in [6.07, 6.45) is 5.47. The van der Waals surface area contributed by atoms with Gasteiger partial charge >= 0.3 is 6.18 Å². The summed E-state index contributed by atoms with van der Waals surface area (Å²) in [5.41, 5.74) is 3.03. The zero-order chi connectivity index (χ0) is 24.6. The van der Waals surface area contributed by atoms with E-state index < -0.39 is 11.9 Å². The molecule has 0 radical (unpaired) electrons. The molecule has 0 saturated heterocycles. The van der Waals surface area contributed by atoms with Crippen LogP contribution in [0, 0.1) is 0 Å². The van der Waals surface area contributed by atoms with E-state index in [9.17, 15) is 13.2 Å². The van der Waals surface area contributed by atoms with E-state index in [2.05, 4.69) is 20.1 Å². The van der Waals surface area contributed by atoms with Crippen LogP contribution in [0.3, 0.4) is 0 Å². The van der Waals surface area contributed by atoms with Crippen LogP contribution < -0.4 is 4.74 Å². The minimum Gasteiger partial charge on any atom is -0.480 e. The zero-order valence-electron chi connectivity index (χ0n) is 19.2. The molecule has 11 heteroatoms. The Bertz CT molecular complexity index is 1330. The molecule has 1 fully saturated rings. The number of ether oxygens (including phenoxy) is 1. The molecule has 1 aromatic carbocycles. The highest BCUT2D eigenvalue weighted by Gasteiger charge is 2.35. The van der Waals surface area contributed by atoms with E-state index in [0.717, 1.165) is 41.4 Å². The second-order valence-corrected chi connectivity index (χ2v) is 9.16. The molecule has 0 spiro atoms. The van der Waals surface area contributed by atoms with Crippen LogP contribution in [-0.2, 0) is 18.6 Å². The summed E-state index contributed by atoms with van der Waals surface area (Å²) in [6.45, 7) is 0.470. The molecule has 0 N–H and O–H groups in total. The van der Waals surface area contributed by atoms with Gasteiger partial charge in [0.05, 0.1) is 30.8 Å². The Morgan fingerprint density at radius 2 is 2.03 bits per heavy atom. The van der Waals surface area contributed by atoms with Crippen LogP contribution in [0.2, 0.25) is 0 Å². The van der Waals surface area contributed by atoms with E-state index in [-0.39, 0.29) is 5.82 Å². The van der Waals surface area contributed by atoms with E-state index in [4.69, 9.17) is 4.74 Å². The number of nitrogens with zero attached hydrogens (tertiary/aromatic N) is 6. The van der Waals surface area contributed by atoms with Crippen molar-refractivity contribution in [3.63, 3.8) is 0 Å². The topological polar surface area (TPSA) is 70.7 Å². The first-order valence-corrected chi connectivity index (χ1v) is 12.4. The number of benzene rings is 1. The lowest BCUT2D eigenvalue weighted by Crippen LogP contribution is -2.06. The molecule has 4 aromatic rings. The van der Waals surface area contributed by atoms with E-state index >= 15 is 0 Å². The summed E-state index contributed by atoms with van der Waals surface area (Å²) in [6, 6.07) is 7.41. The fourth-order valence-electron chi connectivity index (χ4n) is 4.13. The summed E-state index contributed by atoms with van der Waals surface area (Å²) in [5.74, 6) is 1.33. The van der Waals surface area contributed by atoms with Crippen LogP contribution in [0.5, 0.6) is 5.88 Å². The van der Waals surface area contributed by atoms with Gasteiger partial charge in [-0.15, -0.1) is 11.8 Å². The number of thioether (sulfide) groups is 1. The Labute approximate surface area is 204 Å². The van der Waals surface area contributed by atoms with Gasteiger partial charge in [-0.1, -0.05) is 12.1 Å². The third kappa shape index (κ3) is 4.77. The number of aromatic nitrogens is 6. The minimum atomic E-state index is -4.53. The first-order chi connectivity index (χ1) is 16.9. The molecule has 0 amide bonds. The average Bonchev–Trinajstić information content (AvgIpc) is 3.38. The smallest absolute Gasteiger partial charge is 0.434 e. The van der Waals surface area contributed by atoms with Gasteiger partial charge < -0.3 is 9.30 Å². The molecule has 0 bridgehead atoms. The molecule has 0 atom stereocenters. The number of methoxy groups -OCH3 is 1. The minimum absolute atomic E-state index is 0.252. The SMILES string of the molecule is COc1ncnc(C2CC2)c1-c1cc(-c2nc(C(F)(F)F)cn2CSC)ccc1Cn1cccn1. The predicted octanol–water partition coefficient (Wildman–Crippen LogP) is 5.48. The summed E-state index contributed by atoms with van der Waals surface area (Å²) in [7, 11) is 1.56. The van der Waals surface area contributed by atoms with Crippen molar-refractivity contribution in [1.82, 2.24) is 29.3 Å². The molecule has 182 valence electrons. The summed E-state index contributed by atoms with van der Waals surface area (Å²) in [5, 5.41) is 4.32. The van der Waals surface area contributed by atoms with Gasteiger partial charge in [0.25, 0.3) is 0 Å². The number of halogens is 3. The third-order valence-corrected chi connectivity index (χ3v) is 6.40. The van der Waals surface area contributed by atoms with Gasteiger partial charge in [-0.05, 0) is 42.4 Å². The monoisotopic (exact) mass is 500 g/mol. The Kier molecular flexibility index (Phi) is 6.26. The summed E-state index contributed by atoms with van der Waals surface area (Å²) >= 11 is 1.42. The third-order valence-electron chi connectivity index (χ3n) is 5.86. The van der Waals surface area contributed by atoms with E-state index in [0.29, 0.717) is 29.8 Å².